The Morgan fingerprint density at radius 3 is 2.92 bits per heavy atom. The van der Waals surface area contributed by atoms with Crippen LogP contribution in [0.15, 0.2) is 36.1 Å². The molecule has 1 aromatic rings. The lowest BCUT2D eigenvalue weighted by Gasteiger charge is -2.25. The van der Waals surface area contributed by atoms with Gasteiger partial charge in [-0.3, -0.25) is 9.59 Å². The Bertz CT molecular complexity index is 797. The topological polar surface area (TPSA) is 120 Å². The van der Waals surface area contributed by atoms with Crippen molar-refractivity contribution < 1.29 is 14.7 Å². The van der Waals surface area contributed by atoms with E-state index in [1.807, 2.05) is 6.92 Å². The fourth-order valence-corrected chi connectivity index (χ4v) is 3.07. The normalized spacial score (nSPS) is 22.5. The first-order valence-electron chi connectivity index (χ1n) is 7.52. The minimum Gasteiger partial charge on any atom is -0.372 e. The van der Waals surface area contributed by atoms with Crippen LogP contribution in [0.25, 0.3) is 0 Å². The van der Waals surface area contributed by atoms with Crippen molar-refractivity contribution >= 4 is 23.7 Å². The van der Waals surface area contributed by atoms with Crippen molar-refractivity contribution in [2.45, 2.75) is 25.6 Å². The summed E-state index contributed by atoms with van der Waals surface area (Å²) in [6.45, 7) is 1.85. The average molecular weight is 326 g/mol. The monoisotopic (exact) mass is 326 g/mol. The largest absolute Gasteiger partial charge is 0.372 e. The Kier molecular flexibility index (Phi) is 3.94. The molecule has 0 saturated carbocycles. The third-order valence-electron chi connectivity index (χ3n) is 4.30. The van der Waals surface area contributed by atoms with Gasteiger partial charge in [-0.1, -0.05) is 12.1 Å². The molecular weight excluding hydrogens is 308 g/mol. The van der Waals surface area contributed by atoms with Crippen LogP contribution < -0.4 is 11.1 Å². The van der Waals surface area contributed by atoms with Crippen molar-refractivity contribution in [1.29, 1.82) is 5.41 Å². The van der Waals surface area contributed by atoms with Crippen LogP contribution in [-0.4, -0.2) is 40.3 Å². The zero-order chi connectivity index (χ0) is 17.4. The summed E-state index contributed by atoms with van der Waals surface area (Å²) in [5, 5.41) is 21.0. The highest BCUT2D eigenvalue weighted by molar-refractivity contribution is 6.05. The SMILES string of the molecule is Cc1ccc2c(c1C=N)NC(O)C1CC(/C=C/C(N)=O)=CN1C2=O. The first kappa shape index (κ1) is 15.9. The number of anilines is 1. The number of nitrogens with two attached hydrogens (primary N) is 1. The Morgan fingerprint density at radius 1 is 1.50 bits per heavy atom. The first-order valence-corrected chi connectivity index (χ1v) is 7.52. The number of amides is 2. The molecular formula is C17H18N4O3. The molecule has 0 saturated heterocycles. The predicted octanol–water partition coefficient (Wildman–Crippen LogP) is 0.876. The van der Waals surface area contributed by atoms with Crippen LogP contribution in [0.4, 0.5) is 5.69 Å². The van der Waals surface area contributed by atoms with E-state index < -0.39 is 18.2 Å². The van der Waals surface area contributed by atoms with E-state index in [9.17, 15) is 14.7 Å². The van der Waals surface area contributed by atoms with Gasteiger partial charge in [-0.15, -0.1) is 0 Å². The number of fused-ring (bicyclic) bond motifs is 2. The molecule has 2 heterocycles. The summed E-state index contributed by atoms with van der Waals surface area (Å²) in [5.74, 6) is -0.830. The number of nitrogens with zero attached hydrogens (tertiary/aromatic N) is 1. The van der Waals surface area contributed by atoms with Gasteiger partial charge in [0.2, 0.25) is 5.91 Å². The lowest BCUT2D eigenvalue weighted by atomic mass is 10.0. The molecule has 2 atom stereocenters. The molecule has 2 aliphatic heterocycles. The minimum atomic E-state index is -0.994. The van der Waals surface area contributed by atoms with E-state index in [2.05, 4.69) is 5.32 Å². The van der Waals surface area contributed by atoms with Crippen molar-refractivity contribution in [3.05, 3.63) is 52.7 Å². The summed E-state index contributed by atoms with van der Waals surface area (Å²) in [4.78, 5) is 25.2. The van der Waals surface area contributed by atoms with Gasteiger partial charge in [-0.2, -0.15) is 0 Å². The molecule has 3 rings (SSSR count). The van der Waals surface area contributed by atoms with Crippen LogP contribution in [0.1, 0.15) is 27.9 Å². The highest BCUT2D eigenvalue weighted by atomic mass is 16.3. The number of allylic oxidation sites excluding steroid dienone is 1. The summed E-state index contributed by atoms with van der Waals surface area (Å²) in [7, 11) is 0. The molecule has 124 valence electrons. The number of hydrogen-bond donors (Lipinski definition) is 4. The van der Waals surface area contributed by atoms with E-state index in [4.69, 9.17) is 11.1 Å². The predicted molar refractivity (Wildman–Crippen MR) is 89.7 cm³/mol. The molecule has 0 aromatic heterocycles. The summed E-state index contributed by atoms with van der Waals surface area (Å²) >= 11 is 0. The molecule has 0 fully saturated rings. The molecule has 0 radical (unpaired) electrons. The second-order valence-electron chi connectivity index (χ2n) is 5.88. The molecule has 5 N–H and O–H groups in total. The average Bonchev–Trinajstić information content (AvgIpc) is 2.93. The van der Waals surface area contributed by atoms with Crippen LogP contribution in [0.2, 0.25) is 0 Å². The van der Waals surface area contributed by atoms with Gasteiger partial charge in [0.05, 0.1) is 17.3 Å². The molecule has 0 bridgehead atoms. The molecule has 7 heteroatoms. The van der Waals surface area contributed by atoms with Gasteiger partial charge in [0, 0.05) is 24.1 Å². The Hall–Kier alpha value is -2.93. The number of aryl methyl sites for hydroxylation is 1. The van der Waals surface area contributed by atoms with E-state index in [0.29, 0.717) is 23.2 Å². The Morgan fingerprint density at radius 2 is 2.25 bits per heavy atom. The highest BCUT2D eigenvalue weighted by Crippen LogP contribution is 2.34. The number of aliphatic hydroxyl groups is 1. The van der Waals surface area contributed by atoms with E-state index in [1.54, 1.807) is 24.4 Å². The summed E-state index contributed by atoms with van der Waals surface area (Å²) in [6, 6.07) is 2.98. The first-order chi connectivity index (χ1) is 11.4. The fourth-order valence-electron chi connectivity index (χ4n) is 3.07. The van der Waals surface area contributed by atoms with Crippen molar-refractivity contribution in [3.8, 4) is 0 Å². The number of hydrogen-bond acceptors (Lipinski definition) is 5. The van der Waals surface area contributed by atoms with Gasteiger partial charge in [-0.05, 0) is 30.5 Å². The molecule has 0 aliphatic carbocycles. The lowest BCUT2D eigenvalue weighted by molar-refractivity contribution is -0.113. The number of aliphatic hydroxyl groups excluding tert-OH is 1. The molecule has 2 aliphatic rings. The standard InChI is InChI=1S/C17H18N4O3/c1-9-2-4-11-15(12(9)7-18)20-16(23)13-6-10(3-5-14(19)22)8-21(13)17(11)24/h2-5,7-8,13,16,18,20,23H,6H2,1H3,(H2,19,22)/b5-3+,18-7?. The van der Waals surface area contributed by atoms with Crippen molar-refractivity contribution in [2.75, 3.05) is 5.32 Å². The number of rotatable bonds is 3. The zero-order valence-electron chi connectivity index (χ0n) is 13.1. The molecule has 0 spiro atoms. The van der Waals surface area contributed by atoms with Crippen molar-refractivity contribution in [1.82, 2.24) is 4.90 Å². The lowest BCUT2D eigenvalue weighted by Crippen LogP contribution is -2.42. The Balaban J connectivity index is 2.04. The number of nitrogens with one attached hydrogen (secondary N) is 2. The summed E-state index contributed by atoms with van der Waals surface area (Å²) in [6.07, 6.45) is 4.98. The molecule has 24 heavy (non-hydrogen) atoms. The van der Waals surface area contributed by atoms with Crippen LogP contribution >= 0.6 is 0 Å². The van der Waals surface area contributed by atoms with E-state index in [1.165, 1.54) is 17.2 Å². The van der Waals surface area contributed by atoms with Gasteiger partial charge in [0.25, 0.3) is 5.91 Å². The van der Waals surface area contributed by atoms with Gasteiger partial charge in [0.15, 0.2) is 0 Å². The number of primary amides is 1. The van der Waals surface area contributed by atoms with Gasteiger partial charge >= 0.3 is 0 Å². The van der Waals surface area contributed by atoms with E-state index in [-0.39, 0.29) is 5.91 Å². The summed E-state index contributed by atoms with van der Waals surface area (Å²) in [5.41, 5.74) is 8.12. The Labute approximate surface area is 139 Å². The second kappa shape index (κ2) is 5.93. The van der Waals surface area contributed by atoms with Gasteiger partial charge in [0.1, 0.15) is 6.23 Å². The smallest absolute Gasteiger partial charge is 0.260 e. The van der Waals surface area contributed by atoms with Crippen LogP contribution in [0.5, 0.6) is 0 Å². The number of carbonyl (C=O) groups excluding carboxylic acids is 2. The van der Waals surface area contributed by atoms with Crippen molar-refractivity contribution in [2.24, 2.45) is 5.73 Å². The maximum absolute atomic E-state index is 12.9. The molecule has 7 nitrogen and oxygen atoms in total. The molecule has 2 unspecified atom stereocenters. The third kappa shape index (κ3) is 2.59. The summed E-state index contributed by atoms with van der Waals surface area (Å²) < 4.78 is 0. The van der Waals surface area contributed by atoms with Crippen LogP contribution in [-0.2, 0) is 4.79 Å². The van der Waals surface area contributed by atoms with Gasteiger partial charge in [-0.25, -0.2) is 0 Å². The van der Waals surface area contributed by atoms with E-state index >= 15 is 0 Å². The minimum absolute atomic E-state index is 0.260. The van der Waals surface area contributed by atoms with Gasteiger partial charge < -0.3 is 26.5 Å². The van der Waals surface area contributed by atoms with Crippen LogP contribution in [0, 0.1) is 12.3 Å². The van der Waals surface area contributed by atoms with Crippen molar-refractivity contribution in [3.63, 3.8) is 0 Å². The quantitative estimate of drug-likeness (QED) is 0.487. The number of carbonyl (C=O) groups is 2. The maximum Gasteiger partial charge on any atom is 0.260 e. The molecule has 1 aromatic carbocycles. The highest BCUT2D eigenvalue weighted by Gasteiger charge is 2.38. The molecule has 2 amide bonds. The third-order valence-corrected chi connectivity index (χ3v) is 4.30. The maximum atomic E-state index is 12.9. The zero-order valence-corrected chi connectivity index (χ0v) is 13.1. The van der Waals surface area contributed by atoms with Crippen LogP contribution in [0.3, 0.4) is 0 Å². The second-order valence-corrected chi connectivity index (χ2v) is 5.88. The number of benzene rings is 1. The fraction of sp³-hybridized carbons (Fsp3) is 0.235. The van der Waals surface area contributed by atoms with E-state index in [0.717, 1.165) is 11.1 Å².